The van der Waals surface area contributed by atoms with Crippen LogP contribution in [0.3, 0.4) is 0 Å². The Morgan fingerprint density at radius 3 is 2.17 bits per heavy atom. The fourth-order valence-electron chi connectivity index (χ4n) is 2.65. The minimum atomic E-state index is 0.958. The highest BCUT2D eigenvalue weighted by molar-refractivity contribution is 9.08. The highest BCUT2D eigenvalue weighted by atomic mass is 79.9. The van der Waals surface area contributed by atoms with Crippen molar-refractivity contribution < 1.29 is 0 Å². The lowest BCUT2D eigenvalue weighted by Gasteiger charge is -2.27. The summed E-state index contributed by atoms with van der Waals surface area (Å²) in [6, 6.07) is 6.93. The van der Waals surface area contributed by atoms with Crippen LogP contribution in [-0.4, -0.2) is 13.1 Å². The van der Waals surface area contributed by atoms with Crippen LogP contribution in [0.25, 0.3) is 0 Å². The fourth-order valence-corrected chi connectivity index (χ4v) is 3.00. The maximum Gasteiger partial charge on any atom is 0.0396 e. The van der Waals surface area contributed by atoms with Gasteiger partial charge in [0.2, 0.25) is 0 Å². The lowest BCUT2D eigenvalue weighted by molar-refractivity contribution is 0.678. The highest BCUT2D eigenvalue weighted by Crippen LogP contribution is 2.36. The molecule has 2 heteroatoms. The van der Waals surface area contributed by atoms with Crippen molar-refractivity contribution in [3.05, 3.63) is 29.3 Å². The molecule has 0 saturated heterocycles. The first-order valence-electron chi connectivity index (χ1n) is 7.16. The van der Waals surface area contributed by atoms with Gasteiger partial charge in [0.05, 0.1) is 0 Å². The van der Waals surface area contributed by atoms with E-state index in [0.717, 1.165) is 17.2 Å². The van der Waals surface area contributed by atoms with Crippen LogP contribution in [0, 0.1) is 18.8 Å². The largest absolute Gasteiger partial charge is 0.371 e. The van der Waals surface area contributed by atoms with Crippen molar-refractivity contribution >= 4 is 21.6 Å². The van der Waals surface area contributed by atoms with Gasteiger partial charge in [-0.3, -0.25) is 0 Å². The quantitative estimate of drug-likeness (QED) is 0.699. The zero-order chi connectivity index (χ0) is 12.5. The van der Waals surface area contributed by atoms with Gasteiger partial charge >= 0.3 is 0 Å². The van der Waals surface area contributed by atoms with E-state index in [0.29, 0.717) is 0 Å². The monoisotopic (exact) mass is 307 g/mol. The predicted octanol–water partition coefficient (Wildman–Crippen LogP) is 4.52. The smallest absolute Gasteiger partial charge is 0.0396 e. The van der Waals surface area contributed by atoms with Gasteiger partial charge in [-0.05, 0) is 61.6 Å². The first kappa shape index (κ1) is 12.5. The molecule has 0 unspecified atom stereocenters. The van der Waals surface area contributed by atoms with Crippen LogP contribution in [0.5, 0.6) is 0 Å². The van der Waals surface area contributed by atoms with E-state index in [4.69, 9.17) is 0 Å². The standard InChI is InChI=1S/C16H22BrN/c1-12-8-15(9-17)6-7-16(12)18(10-13-2-3-13)11-14-4-5-14/h6-8,13-14H,2-5,9-11H2,1H3. The van der Waals surface area contributed by atoms with Crippen LogP contribution in [0.15, 0.2) is 18.2 Å². The Morgan fingerprint density at radius 1 is 1.11 bits per heavy atom. The average molecular weight is 308 g/mol. The van der Waals surface area contributed by atoms with Gasteiger partial charge in [0, 0.05) is 24.1 Å². The summed E-state index contributed by atoms with van der Waals surface area (Å²) in [5.41, 5.74) is 4.29. The van der Waals surface area contributed by atoms with Crippen LogP contribution in [0.1, 0.15) is 36.8 Å². The highest BCUT2D eigenvalue weighted by Gasteiger charge is 2.29. The van der Waals surface area contributed by atoms with Crippen LogP contribution in [-0.2, 0) is 5.33 Å². The van der Waals surface area contributed by atoms with Gasteiger partial charge in [0.1, 0.15) is 0 Å². The summed E-state index contributed by atoms with van der Waals surface area (Å²) in [4.78, 5) is 2.66. The third-order valence-electron chi connectivity index (χ3n) is 4.11. The van der Waals surface area contributed by atoms with E-state index in [-0.39, 0.29) is 0 Å². The Balaban J connectivity index is 1.77. The third kappa shape index (κ3) is 3.09. The molecule has 1 nitrogen and oxygen atoms in total. The van der Waals surface area contributed by atoms with Gasteiger partial charge in [-0.2, -0.15) is 0 Å². The second-order valence-electron chi connectivity index (χ2n) is 6.05. The molecular weight excluding hydrogens is 286 g/mol. The van der Waals surface area contributed by atoms with E-state index in [1.165, 1.54) is 55.6 Å². The zero-order valence-electron chi connectivity index (χ0n) is 11.2. The van der Waals surface area contributed by atoms with Crippen LogP contribution < -0.4 is 4.90 Å². The second-order valence-corrected chi connectivity index (χ2v) is 6.61. The van der Waals surface area contributed by atoms with E-state index in [9.17, 15) is 0 Å². The molecule has 98 valence electrons. The molecule has 1 aromatic carbocycles. The Kier molecular flexibility index (Phi) is 3.65. The summed E-state index contributed by atoms with van der Waals surface area (Å²) < 4.78 is 0. The molecule has 0 spiro atoms. The number of anilines is 1. The maximum absolute atomic E-state index is 3.54. The zero-order valence-corrected chi connectivity index (χ0v) is 12.7. The normalized spacial score (nSPS) is 19.0. The number of alkyl halides is 1. The summed E-state index contributed by atoms with van der Waals surface area (Å²) in [7, 11) is 0. The molecule has 0 heterocycles. The minimum Gasteiger partial charge on any atom is -0.371 e. The molecule has 2 aliphatic carbocycles. The number of nitrogens with zero attached hydrogens (tertiary/aromatic N) is 1. The van der Waals surface area contributed by atoms with Crippen molar-refractivity contribution in [3.8, 4) is 0 Å². The Hall–Kier alpha value is -0.500. The predicted molar refractivity (Wildman–Crippen MR) is 81.5 cm³/mol. The van der Waals surface area contributed by atoms with Crippen molar-refractivity contribution in [1.29, 1.82) is 0 Å². The second kappa shape index (κ2) is 5.24. The van der Waals surface area contributed by atoms with Crippen molar-refractivity contribution in [2.45, 2.75) is 37.9 Å². The summed E-state index contributed by atoms with van der Waals surface area (Å²) >= 11 is 3.54. The van der Waals surface area contributed by atoms with Crippen LogP contribution in [0.2, 0.25) is 0 Å². The molecule has 0 bridgehead atoms. The van der Waals surface area contributed by atoms with E-state index >= 15 is 0 Å². The molecule has 2 saturated carbocycles. The third-order valence-corrected chi connectivity index (χ3v) is 4.75. The molecule has 2 aliphatic rings. The van der Waals surface area contributed by atoms with Crippen LogP contribution >= 0.6 is 15.9 Å². The first-order valence-corrected chi connectivity index (χ1v) is 8.29. The van der Waals surface area contributed by atoms with E-state index in [2.05, 4.69) is 46.0 Å². The van der Waals surface area contributed by atoms with E-state index < -0.39 is 0 Å². The SMILES string of the molecule is Cc1cc(CBr)ccc1N(CC1CC1)CC1CC1. The summed E-state index contributed by atoms with van der Waals surface area (Å²) in [6.45, 7) is 4.82. The lowest BCUT2D eigenvalue weighted by Crippen LogP contribution is -2.28. The fraction of sp³-hybridized carbons (Fsp3) is 0.625. The first-order chi connectivity index (χ1) is 8.76. The molecule has 0 aromatic heterocycles. The molecule has 0 aliphatic heterocycles. The van der Waals surface area contributed by atoms with E-state index in [1.807, 2.05) is 0 Å². The van der Waals surface area contributed by atoms with Crippen LogP contribution in [0.4, 0.5) is 5.69 Å². The number of hydrogen-bond acceptors (Lipinski definition) is 1. The van der Waals surface area contributed by atoms with Gasteiger partial charge < -0.3 is 4.90 Å². The van der Waals surface area contributed by atoms with Crippen molar-refractivity contribution in [2.24, 2.45) is 11.8 Å². The van der Waals surface area contributed by atoms with E-state index in [1.54, 1.807) is 0 Å². The molecule has 2 fully saturated rings. The summed E-state index contributed by atoms with van der Waals surface area (Å²) in [5, 5.41) is 0.958. The number of benzene rings is 1. The van der Waals surface area contributed by atoms with Gasteiger partial charge in [-0.1, -0.05) is 28.1 Å². The van der Waals surface area contributed by atoms with Crippen molar-refractivity contribution in [1.82, 2.24) is 0 Å². The molecule has 0 radical (unpaired) electrons. The maximum atomic E-state index is 3.54. The molecule has 0 N–H and O–H groups in total. The minimum absolute atomic E-state index is 0.958. The number of rotatable bonds is 6. The van der Waals surface area contributed by atoms with Crippen molar-refractivity contribution in [2.75, 3.05) is 18.0 Å². The lowest BCUT2D eigenvalue weighted by atomic mass is 10.1. The molecule has 0 atom stereocenters. The number of hydrogen-bond donors (Lipinski definition) is 0. The Morgan fingerprint density at radius 2 is 1.72 bits per heavy atom. The van der Waals surface area contributed by atoms with Gasteiger partial charge in [-0.25, -0.2) is 0 Å². The number of halogens is 1. The van der Waals surface area contributed by atoms with Gasteiger partial charge in [0.25, 0.3) is 0 Å². The Bertz CT molecular complexity index is 407. The molecule has 18 heavy (non-hydrogen) atoms. The molecule has 3 rings (SSSR count). The average Bonchev–Trinajstić information content (AvgIpc) is 3.23. The van der Waals surface area contributed by atoms with Gasteiger partial charge in [-0.15, -0.1) is 0 Å². The summed E-state index contributed by atoms with van der Waals surface area (Å²) in [5.74, 6) is 1.94. The summed E-state index contributed by atoms with van der Waals surface area (Å²) in [6.07, 6.45) is 5.78. The molecule has 1 aromatic rings. The topological polar surface area (TPSA) is 3.24 Å². The molecule has 0 amide bonds. The Labute approximate surface area is 119 Å². The molecular formula is C16H22BrN. The van der Waals surface area contributed by atoms with Gasteiger partial charge in [0.15, 0.2) is 0 Å². The van der Waals surface area contributed by atoms with Crippen molar-refractivity contribution in [3.63, 3.8) is 0 Å². The number of aryl methyl sites for hydroxylation is 1.